The summed E-state index contributed by atoms with van der Waals surface area (Å²) in [4.78, 5) is 6.89. The molecule has 1 aromatic heterocycles. The van der Waals surface area contributed by atoms with Gasteiger partial charge in [-0.3, -0.25) is 4.90 Å². The lowest BCUT2D eigenvalue weighted by atomic mass is 10.1. The van der Waals surface area contributed by atoms with E-state index in [9.17, 15) is 17.6 Å². The van der Waals surface area contributed by atoms with Crippen LogP contribution in [0.1, 0.15) is 30.7 Å². The normalized spacial score (nSPS) is 13.5. The highest BCUT2D eigenvalue weighted by Crippen LogP contribution is 2.36. The summed E-state index contributed by atoms with van der Waals surface area (Å²) in [5.74, 6) is -0.951. The van der Waals surface area contributed by atoms with Gasteiger partial charge in [0.1, 0.15) is 5.82 Å². The fraction of sp³-hybridized carbons (Fsp3) is 0.438. The van der Waals surface area contributed by atoms with Crippen molar-refractivity contribution < 1.29 is 17.6 Å². The summed E-state index contributed by atoms with van der Waals surface area (Å²) in [6, 6.07) is 2.73. The quantitative estimate of drug-likeness (QED) is 0.779. The zero-order valence-corrected chi connectivity index (χ0v) is 14.4. The van der Waals surface area contributed by atoms with Crippen LogP contribution >= 0.6 is 11.3 Å². The van der Waals surface area contributed by atoms with Crippen LogP contribution in [-0.2, 0) is 12.7 Å². The van der Waals surface area contributed by atoms with E-state index in [-0.39, 0.29) is 10.7 Å². The minimum atomic E-state index is -4.62. The number of alkyl halides is 3. The number of nitrogen functional groups attached to an aromatic ring is 1. The molecule has 0 amide bonds. The number of thiazole rings is 1. The summed E-state index contributed by atoms with van der Waals surface area (Å²) in [5.41, 5.74) is 5.09. The largest absolute Gasteiger partial charge is 0.416 e. The van der Waals surface area contributed by atoms with Crippen molar-refractivity contribution in [1.82, 2.24) is 9.88 Å². The van der Waals surface area contributed by atoms with Crippen molar-refractivity contribution in [1.29, 1.82) is 0 Å². The van der Waals surface area contributed by atoms with Gasteiger partial charge in [-0.1, -0.05) is 6.92 Å². The predicted octanol–water partition coefficient (Wildman–Crippen LogP) is 4.78. The molecule has 0 saturated heterocycles. The van der Waals surface area contributed by atoms with Crippen molar-refractivity contribution in [2.24, 2.45) is 0 Å². The summed E-state index contributed by atoms with van der Waals surface area (Å²) >= 11 is 1.21. The van der Waals surface area contributed by atoms with E-state index in [4.69, 9.17) is 5.73 Å². The van der Waals surface area contributed by atoms with Gasteiger partial charge in [0.25, 0.3) is 0 Å². The first kappa shape index (κ1) is 18.7. The molecule has 1 atom stereocenters. The van der Waals surface area contributed by atoms with E-state index in [0.29, 0.717) is 29.2 Å². The molecule has 1 aromatic carbocycles. The lowest BCUT2D eigenvalue weighted by molar-refractivity contribution is -0.137. The summed E-state index contributed by atoms with van der Waals surface area (Å²) in [7, 11) is 1.92. The molecule has 1 heterocycles. The molecule has 2 N–H and O–H groups in total. The third kappa shape index (κ3) is 4.24. The smallest absolute Gasteiger partial charge is 0.375 e. The first-order valence-corrected chi connectivity index (χ1v) is 8.27. The summed E-state index contributed by atoms with van der Waals surface area (Å²) in [6.45, 7) is 4.58. The van der Waals surface area contributed by atoms with E-state index < -0.39 is 17.6 Å². The van der Waals surface area contributed by atoms with E-state index >= 15 is 0 Å². The van der Waals surface area contributed by atoms with Crippen molar-refractivity contribution in [2.75, 3.05) is 12.8 Å². The van der Waals surface area contributed by atoms with Crippen LogP contribution in [0, 0.1) is 5.82 Å². The topological polar surface area (TPSA) is 42.1 Å². The fourth-order valence-corrected chi connectivity index (χ4v) is 3.20. The maximum Gasteiger partial charge on any atom is 0.416 e. The Morgan fingerprint density at radius 1 is 1.29 bits per heavy atom. The molecular formula is C16H19F4N3S. The first-order chi connectivity index (χ1) is 11.1. The number of benzene rings is 1. The molecule has 2 rings (SSSR count). The minimum absolute atomic E-state index is 0.0860. The highest BCUT2D eigenvalue weighted by atomic mass is 32.1. The number of anilines is 1. The van der Waals surface area contributed by atoms with Gasteiger partial charge in [-0.05, 0) is 38.6 Å². The molecule has 0 fully saturated rings. The lowest BCUT2D eigenvalue weighted by Gasteiger charge is -2.23. The van der Waals surface area contributed by atoms with Crippen LogP contribution in [0.15, 0.2) is 18.2 Å². The molecule has 0 aliphatic rings. The van der Waals surface area contributed by atoms with E-state index in [1.165, 1.54) is 11.3 Å². The molecule has 0 aliphatic carbocycles. The summed E-state index contributed by atoms with van der Waals surface area (Å²) in [5, 5.41) is 0.246. The second-order valence-corrected chi connectivity index (χ2v) is 6.84. The Morgan fingerprint density at radius 2 is 1.96 bits per heavy atom. The zero-order valence-electron chi connectivity index (χ0n) is 13.6. The zero-order chi connectivity index (χ0) is 18.1. The Bertz CT molecular complexity index is 712. The van der Waals surface area contributed by atoms with Gasteiger partial charge in [-0.2, -0.15) is 13.2 Å². The van der Waals surface area contributed by atoms with Crippen LogP contribution < -0.4 is 5.73 Å². The van der Waals surface area contributed by atoms with Crippen molar-refractivity contribution >= 4 is 16.5 Å². The van der Waals surface area contributed by atoms with Crippen LogP contribution in [0.2, 0.25) is 0 Å². The molecule has 8 heteroatoms. The Labute approximate surface area is 142 Å². The van der Waals surface area contributed by atoms with Crippen molar-refractivity contribution in [3.8, 4) is 11.3 Å². The third-order valence-electron chi connectivity index (χ3n) is 3.95. The van der Waals surface area contributed by atoms with Crippen LogP contribution in [0.3, 0.4) is 0 Å². The standard InChI is InChI=1S/C16H19F4N3S/c1-4-9(2)23(3)8-13-14(22-15(21)24-13)10-5-11(16(18,19)20)7-12(17)6-10/h5-7,9H,4,8H2,1-3H3,(H2,21,22). The van der Waals surface area contributed by atoms with Gasteiger partial charge in [0.15, 0.2) is 5.13 Å². The molecule has 2 aromatic rings. The monoisotopic (exact) mass is 361 g/mol. The maximum atomic E-state index is 13.7. The molecule has 0 bridgehead atoms. The molecular weight excluding hydrogens is 342 g/mol. The SMILES string of the molecule is CCC(C)N(C)Cc1sc(N)nc1-c1cc(F)cc(C(F)(F)F)c1. The average Bonchev–Trinajstić information content (AvgIpc) is 2.85. The lowest BCUT2D eigenvalue weighted by Crippen LogP contribution is -2.27. The molecule has 1 unspecified atom stereocenters. The predicted molar refractivity (Wildman–Crippen MR) is 88.1 cm³/mol. The second kappa shape index (κ2) is 7.06. The molecule has 132 valence electrons. The Morgan fingerprint density at radius 3 is 2.54 bits per heavy atom. The fourth-order valence-electron chi connectivity index (χ4n) is 2.29. The highest BCUT2D eigenvalue weighted by molar-refractivity contribution is 7.15. The van der Waals surface area contributed by atoms with Crippen LogP contribution in [0.4, 0.5) is 22.7 Å². The van der Waals surface area contributed by atoms with Gasteiger partial charge >= 0.3 is 6.18 Å². The number of nitrogens with zero attached hydrogens (tertiary/aromatic N) is 2. The number of hydrogen-bond acceptors (Lipinski definition) is 4. The van der Waals surface area contributed by atoms with Gasteiger partial charge in [-0.15, -0.1) is 11.3 Å². The molecule has 24 heavy (non-hydrogen) atoms. The van der Waals surface area contributed by atoms with Crippen molar-refractivity contribution in [3.05, 3.63) is 34.5 Å². The van der Waals surface area contributed by atoms with E-state index in [0.717, 1.165) is 18.6 Å². The molecule has 0 radical (unpaired) electrons. The van der Waals surface area contributed by atoms with Crippen LogP contribution in [0.5, 0.6) is 0 Å². The van der Waals surface area contributed by atoms with E-state index in [1.54, 1.807) is 0 Å². The average molecular weight is 361 g/mol. The van der Waals surface area contributed by atoms with Gasteiger partial charge in [0.05, 0.1) is 11.3 Å². The minimum Gasteiger partial charge on any atom is -0.375 e. The third-order valence-corrected chi connectivity index (χ3v) is 4.82. The number of rotatable bonds is 5. The van der Waals surface area contributed by atoms with Gasteiger partial charge in [-0.25, -0.2) is 9.37 Å². The number of nitrogens with two attached hydrogens (primary N) is 1. The van der Waals surface area contributed by atoms with Crippen LogP contribution in [0.25, 0.3) is 11.3 Å². The Balaban J connectivity index is 2.45. The summed E-state index contributed by atoms with van der Waals surface area (Å²) < 4.78 is 52.4. The molecule has 3 nitrogen and oxygen atoms in total. The van der Waals surface area contributed by atoms with E-state index in [1.807, 2.05) is 20.9 Å². The van der Waals surface area contributed by atoms with E-state index in [2.05, 4.69) is 9.88 Å². The van der Waals surface area contributed by atoms with Crippen molar-refractivity contribution in [2.45, 2.75) is 39.0 Å². The Kier molecular flexibility index (Phi) is 5.49. The van der Waals surface area contributed by atoms with Crippen molar-refractivity contribution in [3.63, 3.8) is 0 Å². The van der Waals surface area contributed by atoms with Crippen LogP contribution in [-0.4, -0.2) is 23.0 Å². The molecule has 0 aliphatic heterocycles. The number of hydrogen-bond donors (Lipinski definition) is 1. The Hall–Kier alpha value is -1.67. The number of halogens is 4. The summed E-state index contributed by atoms with van der Waals surface area (Å²) in [6.07, 6.45) is -3.69. The molecule has 0 saturated carbocycles. The van der Waals surface area contributed by atoms with Gasteiger partial charge < -0.3 is 5.73 Å². The maximum absolute atomic E-state index is 13.7. The van der Waals surface area contributed by atoms with Gasteiger partial charge in [0, 0.05) is 23.0 Å². The highest BCUT2D eigenvalue weighted by Gasteiger charge is 2.32. The first-order valence-electron chi connectivity index (χ1n) is 7.45. The van der Waals surface area contributed by atoms with Gasteiger partial charge in [0.2, 0.25) is 0 Å². The number of aromatic nitrogens is 1. The molecule has 0 spiro atoms. The second-order valence-electron chi connectivity index (χ2n) is 5.72.